The van der Waals surface area contributed by atoms with Crippen LogP contribution in [0.3, 0.4) is 0 Å². The van der Waals surface area contributed by atoms with Gasteiger partial charge in [0.15, 0.2) is 0 Å². The maximum absolute atomic E-state index is 12.9. The van der Waals surface area contributed by atoms with Crippen LogP contribution in [-0.2, 0) is 19.1 Å². The SMILES string of the molecule is COC(=O)[C@H]1[C@@H]2C=C[C@]3(CN(c4ccc(Cl)cc4)C(=O)[C@H]13)O2. The zero-order valence-corrected chi connectivity index (χ0v) is 12.6. The van der Waals surface area contributed by atoms with Gasteiger partial charge in [-0.05, 0) is 24.3 Å². The van der Waals surface area contributed by atoms with E-state index in [-0.39, 0.29) is 12.0 Å². The predicted octanol–water partition coefficient (Wildman–Crippen LogP) is 1.80. The van der Waals surface area contributed by atoms with Gasteiger partial charge in [0.25, 0.3) is 0 Å². The number of hydrogen-bond donors (Lipinski definition) is 0. The van der Waals surface area contributed by atoms with Crippen molar-refractivity contribution in [2.24, 2.45) is 11.8 Å². The molecule has 3 aliphatic heterocycles. The van der Waals surface area contributed by atoms with Gasteiger partial charge < -0.3 is 14.4 Å². The molecule has 0 aliphatic carbocycles. The second kappa shape index (κ2) is 4.57. The Kier molecular flexibility index (Phi) is 2.86. The highest BCUT2D eigenvalue weighted by Crippen LogP contribution is 2.52. The summed E-state index contributed by atoms with van der Waals surface area (Å²) in [4.78, 5) is 26.6. The molecule has 0 saturated carbocycles. The van der Waals surface area contributed by atoms with Crippen LogP contribution in [0, 0.1) is 11.8 Å². The number of halogens is 1. The zero-order chi connectivity index (χ0) is 15.5. The molecule has 5 nitrogen and oxygen atoms in total. The number of carbonyl (C=O) groups excluding carboxylic acids is 2. The Labute approximate surface area is 132 Å². The number of hydrogen-bond acceptors (Lipinski definition) is 4. The van der Waals surface area contributed by atoms with Gasteiger partial charge in [-0.25, -0.2) is 0 Å². The summed E-state index contributed by atoms with van der Waals surface area (Å²) in [6.07, 6.45) is 3.40. The Morgan fingerprint density at radius 1 is 1.41 bits per heavy atom. The summed E-state index contributed by atoms with van der Waals surface area (Å²) in [5, 5.41) is 0.610. The van der Waals surface area contributed by atoms with Gasteiger partial charge in [-0.1, -0.05) is 23.8 Å². The van der Waals surface area contributed by atoms with Crippen LogP contribution in [0.15, 0.2) is 36.4 Å². The molecule has 2 bridgehead atoms. The molecule has 4 rings (SSSR count). The maximum atomic E-state index is 12.9. The van der Waals surface area contributed by atoms with Crippen LogP contribution >= 0.6 is 11.6 Å². The molecule has 0 radical (unpaired) electrons. The molecule has 2 fully saturated rings. The van der Waals surface area contributed by atoms with Gasteiger partial charge in [0.2, 0.25) is 5.91 Å². The molecule has 1 spiro atoms. The van der Waals surface area contributed by atoms with Gasteiger partial charge >= 0.3 is 5.97 Å². The molecule has 2 saturated heterocycles. The summed E-state index contributed by atoms with van der Waals surface area (Å²) < 4.78 is 10.8. The summed E-state index contributed by atoms with van der Waals surface area (Å²) in [7, 11) is 1.33. The first kappa shape index (κ1) is 13.8. The van der Waals surface area contributed by atoms with Crippen LogP contribution < -0.4 is 4.90 Å². The van der Waals surface area contributed by atoms with Crippen molar-refractivity contribution in [3.8, 4) is 0 Å². The second-order valence-corrected chi connectivity index (χ2v) is 6.26. The lowest BCUT2D eigenvalue weighted by Crippen LogP contribution is -2.39. The van der Waals surface area contributed by atoms with Crippen LogP contribution in [0.5, 0.6) is 0 Å². The van der Waals surface area contributed by atoms with Gasteiger partial charge in [0.1, 0.15) is 11.5 Å². The minimum Gasteiger partial charge on any atom is -0.469 e. The third-order valence-electron chi connectivity index (χ3n) is 4.71. The zero-order valence-electron chi connectivity index (χ0n) is 11.9. The summed E-state index contributed by atoms with van der Waals surface area (Å²) in [5.74, 6) is -1.59. The number of amides is 1. The lowest BCUT2D eigenvalue weighted by atomic mass is 9.77. The van der Waals surface area contributed by atoms with Gasteiger partial charge in [-0.15, -0.1) is 0 Å². The molecule has 1 aromatic rings. The average Bonchev–Trinajstić information content (AvgIpc) is 3.16. The molecule has 3 heterocycles. The lowest BCUT2D eigenvalue weighted by Gasteiger charge is -2.22. The number of ether oxygens (including phenoxy) is 2. The summed E-state index contributed by atoms with van der Waals surface area (Å²) >= 11 is 5.89. The Morgan fingerprint density at radius 2 is 2.14 bits per heavy atom. The first-order chi connectivity index (χ1) is 10.6. The Bertz CT molecular complexity index is 686. The monoisotopic (exact) mass is 319 g/mol. The molecule has 1 aromatic carbocycles. The summed E-state index contributed by atoms with van der Waals surface area (Å²) in [5.41, 5.74) is 0.0301. The van der Waals surface area contributed by atoms with Crippen molar-refractivity contribution < 1.29 is 19.1 Å². The number of rotatable bonds is 2. The first-order valence-electron chi connectivity index (χ1n) is 7.08. The highest BCUT2D eigenvalue weighted by atomic mass is 35.5. The van der Waals surface area contributed by atoms with Crippen LogP contribution in [0.1, 0.15) is 0 Å². The fourth-order valence-corrected chi connectivity index (χ4v) is 3.87. The van der Waals surface area contributed by atoms with E-state index in [1.165, 1.54) is 7.11 Å². The molecular formula is C16H14ClNO4. The lowest BCUT2D eigenvalue weighted by molar-refractivity contribution is -0.149. The van der Waals surface area contributed by atoms with Crippen molar-refractivity contribution in [3.63, 3.8) is 0 Å². The molecule has 6 heteroatoms. The Hall–Kier alpha value is -1.85. The molecule has 3 aliphatic rings. The largest absolute Gasteiger partial charge is 0.469 e. The van der Waals surface area contributed by atoms with Crippen molar-refractivity contribution in [1.29, 1.82) is 0 Å². The molecule has 0 N–H and O–H groups in total. The van der Waals surface area contributed by atoms with E-state index in [1.54, 1.807) is 29.2 Å². The molecule has 0 unspecified atom stereocenters. The smallest absolute Gasteiger partial charge is 0.312 e. The highest BCUT2D eigenvalue weighted by Gasteiger charge is 2.67. The van der Waals surface area contributed by atoms with Crippen molar-refractivity contribution in [2.45, 2.75) is 11.7 Å². The van der Waals surface area contributed by atoms with Gasteiger partial charge in [0.05, 0.1) is 25.7 Å². The topological polar surface area (TPSA) is 55.8 Å². The van der Waals surface area contributed by atoms with E-state index in [0.29, 0.717) is 11.6 Å². The summed E-state index contributed by atoms with van der Waals surface area (Å²) in [6, 6.07) is 7.06. The van der Waals surface area contributed by atoms with Crippen molar-refractivity contribution >= 4 is 29.2 Å². The van der Waals surface area contributed by atoms with E-state index in [4.69, 9.17) is 21.1 Å². The normalized spacial score (nSPS) is 35.1. The average molecular weight is 320 g/mol. The Morgan fingerprint density at radius 3 is 2.82 bits per heavy atom. The number of carbonyl (C=O) groups is 2. The minimum atomic E-state index is -0.722. The molecule has 0 aromatic heterocycles. The number of nitrogens with zero attached hydrogens (tertiary/aromatic N) is 1. The molecule has 114 valence electrons. The van der Waals surface area contributed by atoms with E-state index in [2.05, 4.69) is 0 Å². The third-order valence-corrected chi connectivity index (χ3v) is 4.96. The number of fused-ring (bicyclic) bond motifs is 1. The highest BCUT2D eigenvalue weighted by molar-refractivity contribution is 6.30. The molecule has 4 atom stereocenters. The quantitative estimate of drug-likeness (QED) is 0.616. The van der Waals surface area contributed by atoms with Crippen LogP contribution in [0.2, 0.25) is 5.02 Å². The fourth-order valence-electron chi connectivity index (χ4n) is 3.74. The van der Waals surface area contributed by atoms with E-state index in [0.717, 1.165) is 5.69 Å². The number of esters is 1. The van der Waals surface area contributed by atoms with E-state index in [1.807, 2.05) is 12.2 Å². The van der Waals surface area contributed by atoms with E-state index < -0.39 is 23.4 Å². The van der Waals surface area contributed by atoms with E-state index >= 15 is 0 Å². The number of benzene rings is 1. The molecule has 1 amide bonds. The molecular weight excluding hydrogens is 306 g/mol. The van der Waals surface area contributed by atoms with Crippen LogP contribution in [-0.4, -0.2) is 37.2 Å². The maximum Gasteiger partial charge on any atom is 0.312 e. The van der Waals surface area contributed by atoms with E-state index in [9.17, 15) is 9.59 Å². The van der Waals surface area contributed by atoms with Crippen molar-refractivity contribution in [2.75, 3.05) is 18.6 Å². The van der Waals surface area contributed by atoms with Crippen molar-refractivity contribution in [1.82, 2.24) is 0 Å². The van der Waals surface area contributed by atoms with Gasteiger partial charge in [0, 0.05) is 10.7 Å². The molecule has 22 heavy (non-hydrogen) atoms. The fraction of sp³-hybridized carbons (Fsp3) is 0.375. The number of methoxy groups -OCH3 is 1. The second-order valence-electron chi connectivity index (χ2n) is 5.82. The van der Waals surface area contributed by atoms with Crippen LogP contribution in [0.25, 0.3) is 0 Å². The Balaban J connectivity index is 1.71. The third kappa shape index (κ3) is 1.69. The van der Waals surface area contributed by atoms with Crippen molar-refractivity contribution in [3.05, 3.63) is 41.4 Å². The minimum absolute atomic E-state index is 0.107. The number of anilines is 1. The van der Waals surface area contributed by atoms with Crippen LogP contribution in [0.4, 0.5) is 5.69 Å². The summed E-state index contributed by atoms with van der Waals surface area (Å²) in [6.45, 7) is 0.401. The van der Waals surface area contributed by atoms with Gasteiger partial charge in [-0.3, -0.25) is 9.59 Å². The predicted molar refractivity (Wildman–Crippen MR) is 79.5 cm³/mol. The standard InChI is InChI=1S/C16H14ClNO4/c1-21-15(20)12-11-6-7-16(22-11)8-18(14(19)13(12)16)10-4-2-9(17)3-5-10/h2-7,11-13H,8H2,1H3/t11-,12-,13-,16+/m0/s1. The first-order valence-corrected chi connectivity index (χ1v) is 7.45. The van der Waals surface area contributed by atoms with Gasteiger partial charge in [-0.2, -0.15) is 0 Å².